The van der Waals surface area contributed by atoms with Crippen LogP contribution in [0.15, 0.2) is 54.7 Å². The van der Waals surface area contributed by atoms with E-state index in [1.54, 1.807) is 29.3 Å². The van der Waals surface area contributed by atoms with Crippen molar-refractivity contribution in [3.05, 3.63) is 66.0 Å². The molecule has 28 heavy (non-hydrogen) atoms. The van der Waals surface area contributed by atoms with Crippen LogP contribution in [-0.4, -0.2) is 46.6 Å². The Bertz CT molecular complexity index is 803. The molecule has 1 fully saturated rings. The normalized spacial score (nSPS) is 19.8. The largest absolute Gasteiger partial charge is 0.444 e. The van der Waals surface area contributed by atoms with Crippen molar-refractivity contribution in [2.45, 2.75) is 44.8 Å². The van der Waals surface area contributed by atoms with Crippen molar-refractivity contribution in [2.24, 2.45) is 0 Å². The highest BCUT2D eigenvalue weighted by Crippen LogP contribution is 2.28. The summed E-state index contributed by atoms with van der Waals surface area (Å²) in [5.74, 6) is -0.111. The maximum absolute atomic E-state index is 12.7. The van der Waals surface area contributed by atoms with E-state index in [2.05, 4.69) is 22.4 Å². The number of ether oxygens (including phenoxy) is 1. The summed E-state index contributed by atoms with van der Waals surface area (Å²) in [5.41, 5.74) is 0.949. The van der Waals surface area contributed by atoms with Crippen molar-refractivity contribution in [1.82, 2.24) is 15.2 Å². The van der Waals surface area contributed by atoms with Gasteiger partial charge in [0.2, 0.25) is 0 Å². The second kappa shape index (κ2) is 8.42. The second-order valence-electron chi connectivity index (χ2n) is 8.11. The number of hydrogen-bond donors (Lipinski definition) is 1. The van der Waals surface area contributed by atoms with Gasteiger partial charge >= 0.3 is 6.09 Å². The molecule has 1 aliphatic rings. The molecule has 0 spiro atoms. The molecule has 148 valence electrons. The minimum Gasteiger partial charge on any atom is -0.444 e. The standard InChI is InChI=1S/C22H27N3O3/c1-22(2,3)28-21(27)25-14-17(16-9-5-4-6-10-16)13-18(15-25)24-20(26)19-11-7-8-12-23-19/h4-12,17-18H,13-15H2,1-3H3,(H,24,26)/t17-,18+/m0/s1. The topological polar surface area (TPSA) is 71.5 Å². The van der Waals surface area contributed by atoms with Crippen LogP contribution in [0, 0.1) is 0 Å². The molecule has 3 rings (SSSR count). The molecule has 1 aliphatic heterocycles. The Morgan fingerprint density at radius 1 is 1.07 bits per heavy atom. The van der Waals surface area contributed by atoms with Crippen LogP contribution in [0.4, 0.5) is 4.79 Å². The number of hydrogen-bond acceptors (Lipinski definition) is 4. The summed E-state index contributed by atoms with van der Waals surface area (Å²) in [5, 5.41) is 3.03. The number of benzene rings is 1. The summed E-state index contributed by atoms with van der Waals surface area (Å²) in [6.07, 6.45) is 1.99. The Morgan fingerprint density at radius 3 is 2.43 bits per heavy atom. The predicted molar refractivity (Wildman–Crippen MR) is 107 cm³/mol. The Labute approximate surface area is 165 Å². The Hall–Kier alpha value is -2.89. The zero-order valence-corrected chi connectivity index (χ0v) is 16.6. The molecule has 1 saturated heterocycles. The van der Waals surface area contributed by atoms with Crippen molar-refractivity contribution in [3.8, 4) is 0 Å². The van der Waals surface area contributed by atoms with Crippen LogP contribution in [0.5, 0.6) is 0 Å². The van der Waals surface area contributed by atoms with Gasteiger partial charge in [0.1, 0.15) is 11.3 Å². The van der Waals surface area contributed by atoms with Crippen LogP contribution in [0.1, 0.15) is 49.2 Å². The first-order chi connectivity index (χ1) is 13.3. The fraction of sp³-hybridized carbons (Fsp3) is 0.409. The lowest BCUT2D eigenvalue weighted by molar-refractivity contribution is 0.0164. The average molecular weight is 381 g/mol. The van der Waals surface area contributed by atoms with E-state index in [-0.39, 0.29) is 24.0 Å². The van der Waals surface area contributed by atoms with Gasteiger partial charge in [0, 0.05) is 31.2 Å². The third kappa shape index (κ3) is 5.31. The third-order valence-corrected chi connectivity index (χ3v) is 4.61. The number of aromatic nitrogens is 1. The van der Waals surface area contributed by atoms with E-state index in [0.717, 1.165) is 12.0 Å². The van der Waals surface area contributed by atoms with Crippen molar-refractivity contribution in [3.63, 3.8) is 0 Å². The van der Waals surface area contributed by atoms with Gasteiger partial charge in [-0.1, -0.05) is 36.4 Å². The molecule has 0 aliphatic carbocycles. The molecule has 2 aromatic rings. The Morgan fingerprint density at radius 2 is 1.79 bits per heavy atom. The van der Waals surface area contributed by atoms with Gasteiger partial charge in [-0.25, -0.2) is 4.79 Å². The molecular weight excluding hydrogens is 354 g/mol. The number of nitrogens with one attached hydrogen (secondary N) is 1. The third-order valence-electron chi connectivity index (χ3n) is 4.61. The van der Waals surface area contributed by atoms with Crippen molar-refractivity contribution in [1.29, 1.82) is 0 Å². The SMILES string of the molecule is CC(C)(C)OC(=O)N1C[C@H](NC(=O)c2ccccn2)C[C@H](c2ccccc2)C1. The molecule has 0 bridgehead atoms. The van der Waals surface area contributed by atoms with E-state index in [4.69, 9.17) is 4.74 Å². The average Bonchev–Trinajstić information content (AvgIpc) is 2.68. The molecule has 2 atom stereocenters. The first kappa shape index (κ1) is 19.9. The van der Waals surface area contributed by atoms with Crippen LogP contribution < -0.4 is 5.32 Å². The van der Waals surface area contributed by atoms with Crippen LogP contribution in [0.2, 0.25) is 0 Å². The first-order valence-electron chi connectivity index (χ1n) is 9.56. The van der Waals surface area contributed by atoms with E-state index in [1.807, 2.05) is 39.0 Å². The second-order valence-corrected chi connectivity index (χ2v) is 8.11. The zero-order chi connectivity index (χ0) is 20.1. The molecule has 6 heteroatoms. The van der Waals surface area contributed by atoms with Crippen LogP contribution in [0.3, 0.4) is 0 Å². The smallest absolute Gasteiger partial charge is 0.410 e. The number of carbonyl (C=O) groups is 2. The summed E-state index contributed by atoms with van der Waals surface area (Å²) in [4.78, 5) is 31.0. The monoisotopic (exact) mass is 381 g/mol. The maximum atomic E-state index is 12.7. The van der Waals surface area contributed by atoms with Gasteiger partial charge in [0.25, 0.3) is 5.91 Å². The Balaban J connectivity index is 1.77. The number of amides is 2. The van der Waals surface area contributed by atoms with Crippen LogP contribution >= 0.6 is 0 Å². The highest BCUT2D eigenvalue weighted by atomic mass is 16.6. The molecular formula is C22H27N3O3. The highest BCUT2D eigenvalue weighted by Gasteiger charge is 2.34. The van der Waals surface area contributed by atoms with E-state index < -0.39 is 5.60 Å². The molecule has 1 aromatic carbocycles. The van der Waals surface area contributed by atoms with E-state index in [1.165, 1.54) is 0 Å². The molecule has 0 unspecified atom stereocenters. The van der Waals surface area contributed by atoms with Gasteiger partial charge < -0.3 is 15.0 Å². The summed E-state index contributed by atoms with van der Waals surface area (Å²) in [7, 11) is 0. The van der Waals surface area contributed by atoms with Gasteiger partial charge in [-0.3, -0.25) is 9.78 Å². The molecule has 2 amide bonds. The summed E-state index contributed by atoms with van der Waals surface area (Å²) >= 11 is 0. The molecule has 0 radical (unpaired) electrons. The zero-order valence-electron chi connectivity index (χ0n) is 16.6. The van der Waals surface area contributed by atoms with E-state index in [0.29, 0.717) is 18.8 Å². The fourth-order valence-corrected chi connectivity index (χ4v) is 3.40. The number of rotatable bonds is 3. The van der Waals surface area contributed by atoms with Gasteiger partial charge in [-0.2, -0.15) is 0 Å². The number of nitrogens with zero attached hydrogens (tertiary/aromatic N) is 2. The van der Waals surface area contributed by atoms with Crippen LogP contribution in [-0.2, 0) is 4.74 Å². The minimum atomic E-state index is -0.566. The lowest BCUT2D eigenvalue weighted by Gasteiger charge is -2.38. The Kier molecular flexibility index (Phi) is 5.97. The summed E-state index contributed by atoms with van der Waals surface area (Å²) < 4.78 is 5.56. The maximum Gasteiger partial charge on any atom is 0.410 e. The van der Waals surface area contributed by atoms with Gasteiger partial charge in [0.15, 0.2) is 0 Å². The van der Waals surface area contributed by atoms with E-state index in [9.17, 15) is 9.59 Å². The number of carbonyl (C=O) groups excluding carboxylic acids is 2. The molecule has 2 heterocycles. The molecule has 6 nitrogen and oxygen atoms in total. The molecule has 0 saturated carbocycles. The molecule has 1 aromatic heterocycles. The highest BCUT2D eigenvalue weighted by molar-refractivity contribution is 5.92. The quantitative estimate of drug-likeness (QED) is 0.882. The van der Waals surface area contributed by atoms with Crippen LogP contribution in [0.25, 0.3) is 0 Å². The lowest BCUT2D eigenvalue weighted by Crippen LogP contribution is -2.53. The minimum absolute atomic E-state index is 0.122. The van der Waals surface area contributed by atoms with Crippen molar-refractivity contribution < 1.29 is 14.3 Å². The summed E-state index contributed by atoms with van der Waals surface area (Å²) in [6.45, 7) is 6.53. The number of likely N-dealkylation sites (tertiary alicyclic amines) is 1. The van der Waals surface area contributed by atoms with Gasteiger partial charge in [0.05, 0.1) is 0 Å². The predicted octanol–water partition coefficient (Wildman–Crippen LogP) is 3.60. The fourth-order valence-electron chi connectivity index (χ4n) is 3.40. The molecule has 1 N–H and O–H groups in total. The van der Waals surface area contributed by atoms with Gasteiger partial charge in [-0.15, -0.1) is 0 Å². The summed E-state index contributed by atoms with van der Waals surface area (Å²) in [6, 6.07) is 15.1. The first-order valence-corrected chi connectivity index (χ1v) is 9.56. The number of pyridine rings is 1. The lowest BCUT2D eigenvalue weighted by atomic mass is 9.88. The van der Waals surface area contributed by atoms with Crippen molar-refractivity contribution >= 4 is 12.0 Å². The van der Waals surface area contributed by atoms with Gasteiger partial charge in [-0.05, 0) is 44.9 Å². The number of piperidine rings is 1. The van der Waals surface area contributed by atoms with Crippen molar-refractivity contribution in [2.75, 3.05) is 13.1 Å². The van der Waals surface area contributed by atoms with E-state index >= 15 is 0 Å².